The van der Waals surface area contributed by atoms with E-state index in [0.29, 0.717) is 34.9 Å². The standard InChI is InChI=1S/C27H28ClN5OS/c1-2-16-35-27-31-23(28)22-24(32-27)33(17-18-8-4-3-5-9-18)25(30-22)26(34)29-15-14-20-13-12-19-10-6-7-11-21(19)20/h3-11,13,25,30H,2,12,14-17H2,1H3,(H,29,34). The van der Waals surface area contributed by atoms with Crippen molar-refractivity contribution in [3.63, 3.8) is 0 Å². The number of nitrogens with one attached hydrogen (secondary N) is 2. The Balaban J connectivity index is 1.32. The Hall–Kier alpha value is -3.03. The second-order valence-corrected chi connectivity index (χ2v) is 10.1. The van der Waals surface area contributed by atoms with Gasteiger partial charge in [0.1, 0.15) is 5.69 Å². The summed E-state index contributed by atoms with van der Waals surface area (Å²) in [7, 11) is 0. The van der Waals surface area contributed by atoms with Gasteiger partial charge in [-0.2, -0.15) is 0 Å². The summed E-state index contributed by atoms with van der Waals surface area (Å²) in [5.41, 5.74) is 5.62. The molecule has 1 amide bonds. The summed E-state index contributed by atoms with van der Waals surface area (Å²) < 4.78 is 0. The molecule has 1 aliphatic carbocycles. The van der Waals surface area contributed by atoms with Gasteiger partial charge < -0.3 is 15.5 Å². The molecule has 0 saturated carbocycles. The van der Waals surface area contributed by atoms with Crippen molar-refractivity contribution in [2.24, 2.45) is 0 Å². The van der Waals surface area contributed by atoms with E-state index in [9.17, 15) is 4.79 Å². The molecule has 0 spiro atoms. The third-order valence-electron chi connectivity index (χ3n) is 6.19. The quantitative estimate of drug-likeness (QED) is 0.226. The van der Waals surface area contributed by atoms with Crippen LogP contribution in [0.5, 0.6) is 0 Å². The number of thioether (sulfide) groups is 1. The molecule has 35 heavy (non-hydrogen) atoms. The summed E-state index contributed by atoms with van der Waals surface area (Å²) in [4.78, 5) is 24.6. The van der Waals surface area contributed by atoms with Crippen LogP contribution in [0.2, 0.25) is 5.15 Å². The summed E-state index contributed by atoms with van der Waals surface area (Å²) in [6, 6.07) is 18.5. The Labute approximate surface area is 215 Å². The Kier molecular flexibility index (Phi) is 7.25. The minimum Gasteiger partial charge on any atom is -0.352 e. The summed E-state index contributed by atoms with van der Waals surface area (Å²) in [5, 5.41) is 7.37. The van der Waals surface area contributed by atoms with Gasteiger partial charge in [-0.05, 0) is 41.5 Å². The van der Waals surface area contributed by atoms with Crippen LogP contribution in [0.15, 0.2) is 65.8 Å². The van der Waals surface area contributed by atoms with E-state index in [1.165, 1.54) is 16.7 Å². The lowest BCUT2D eigenvalue weighted by molar-refractivity contribution is -0.121. The molecule has 6 nitrogen and oxygen atoms in total. The predicted molar refractivity (Wildman–Crippen MR) is 144 cm³/mol. The van der Waals surface area contributed by atoms with E-state index in [4.69, 9.17) is 16.6 Å². The van der Waals surface area contributed by atoms with E-state index in [1.54, 1.807) is 11.8 Å². The SMILES string of the molecule is CCCSc1nc(Cl)c2c(n1)N(Cc1ccccc1)C(C(=O)NCCC1=CCc3ccccc31)N2. The maximum atomic E-state index is 13.4. The fourth-order valence-electron chi connectivity index (χ4n) is 4.49. The molecule has 5 rings (SSSR count). The molecule has 0 fully saturated rings. The van der Waals surface area contributed by atoms with E-state index >= 15 is 0 Å². The fourth-order valence-corrected chi connectivity index (χ4v) is 5.46. The maximum Gasteiger partial charge on any atom is 0.263 e. The highest BCUT2D eigenvalue weighted by Gasteiger charge is 2.37. The van der Waals surface area contributed by atoms with Gasteiger partial charge >= 0.3 is 0 Å². The number of carbonyl (C=O) groups excluding carboxylic acids is 1. The molecule has 2 aliphatic rings. The van der Waals surface area contributed by atoms with Crippen LogP contribution in [0.3, 0.4) is 0 Å². The molecule has 2 N–H and O–H groups in total. The zero-order chi connectivity index (χ0) is 24.2. The summed E-state index contributed by atoms with van der Waals surface area (Å²) in [6.07, 6.45) is 4.40. The third kappa shape index (κ3) is 5.16. The Morgan fingerprint density at radius 2 is 1.97 bits per heavy atom. The lowest BCUT2D eigenvalue weighted by Crippen LogP contribution is -2.48. The first-order chi connectivity index (χ1) is 17.1. The number of nitrogens with zero attached hydrogens (tertiary/aromatic N) is 3. The van der Waals surface area contributed by atoms with E-state index in [2.05, 4.69) is 52.9 Å². The van der Waals surface area contributed by atoms with Crippen LogP contribution in [0.25, 0.3) is 5.57 Å². The smallest absolute Gasteiger partial charge is 0.263 e. The highest BCUT2D eigenvalue weighted by atomic mass is 35.5. The minimum absolute atomic E-state index is 0.107. The summed E-state index contributed by atoms with van der Waals surface area (Å²) in [6.45, 7) is 3.21. The number of hydrogen-bond donors (Lipinski definition) is 2. The van der Waals surface area contributed by atoms with Crippen molar-refractivity contribution in [1.82, 2.24) is 15.3 Å². The molecule has 8 heteroatoms. The van der Waals surface area contributed by atoms with Crippen LogP contribution < -0.4 is 15.5 Å². The van der Waals surface area contributed by atoms with Gasteiger partial charge in [-0.25, -0.2) is 9.97 Å². The fraction of sp³-hybridized carbons (Fsp3) is 0.296. The maximum absolute atomic E-state index is 13.4. The molecule has 1 atom stereocenters. The number of aromatic nitrogens is 2. The Morgan fingerprint density at radius 1 is 1.17 bits per heavy atom. The minimum atomic E-state index is -0.617. The van der Waals surface area contributed by atoms with Gasteiger partial charge in [0.25, 0.3) is 5.91 Å². The van der Waals surface area contributed by atoms with E-state index < -0.39 is 6.17 Å². The van der Waals surface area contributed by atoms with Gasteiger partial charge in [0.05, 0.1) is 0 Å². The number of allylic oxidation sites excluding steroid dienone is 1. The van der Waals surface area contributed by atoms with Crippen LogP contribution in [-0.4, -0.2) is 34.3 Å². The predicted octanol–water partition coefficient (Wildman–Crippen LogP) is 5.54. The van der Waals surface area contributed by atoms with Crippen molar-refractivity contribution in [1.29, 1.82) is 0 Å². The van der Waals surface area contributed by atoms with Crippen molar-refractivity contribution in [2.45, 2.75) is 44.1 Å². The first kappa shape index (κ1) is 23.7. The second kappa shape index (κ2) is 10.7. The number of benzene rings is 2. The molecule has 1 unspecified atom stereocenters. The van der Waals surface area contributed by atoms with Crippen molar-refractivity contribution < 1.29 is 4.79 Å². The van der Waals surface area contributed by atoms with Gasteiger partial charge in [0.15, 0.2) is 22.3 Å². The van der Waals surface area contributed by atoms with Crippen molar-refractivity contribution in [3.8, 4) is 0 Å². The molecule has 1 aliphatic heterocycles. The molecule has 3 aromatic rings. The molecule has 0 saturated heterocycles. The number of halogens is 1. The monoisotopic (exact) mass is 505 g/mol. The highest BCUT2D eigenvalue weighted by molar-refractivity contribution is 7.99. The average Bonchev–Trinajstić information content (AvgIpc) is 3.45. The summed E-state index contributed by atoms with van der Waals surface area (Å²) in [5.74, 6) is 1.47. The number of hydrogen-bond acceptors (Lipinski definition) is 6. The van der Waals surface area contributed by atoms with Gasteiger partial charge in [-0.15, -0.1) is 0 Å². The number of anilines is 2. The lowest BCUT2D eigenvalue weighted by Gasteiger charge is -2.25. The molecular weight excluding hydrogens is 478 g/mol. The van der Waals surface area contributed by atoms with E-state index in [-0.39, 0.29) is 5.91 Å². The van der Waals surface area contributed by atoms with Crippen LogP contribution in [-0.2, 0) is 17.8 Å². The van der Waals surface area contributed by atoms with Gasteiger partial charge in [0, 0.05) is 18.8 Å². The first-order valence-electron chi connectivity index (χ1n) is 12.0. The highest BCUT2D eigenvalue weighted by Crippen LogP contribution is 2.40. The Bertz CT molecular complexity index is 1250. The summed E-state index contributed by atoms with van der Waals surface area (Å²) >= 11 is 8.11. The first-order valence-corrected chi connectivity index (χ1v) is 13.3. The van der Waals surface area contributed by atoms with Crippen molar-refractivity contribution >= 4 is 46.3 Å². The number of carbonyl (C=O) groups is 1. The van der Waals surface area contributed by atoms with Gasteiger partial charge in [0.2, 0.25) is 0 Å². The molecule has 0 bridgehead atoms. The van der Waals surface area contributed by atoms with Gasteiger partial charge in [-0.3, -0.25) is 4.79 Å². The lowest BCUT2D eigenvalue weighted by atomic mass is 10.0. The number of fused-ring (bicyclic) bond motifs is 2. The van der Waals surface area contributed by atoms with Gasteiger partial charge in [-0.1, -0.05) is 91.0 Å². The van der Waals surface area contributed by atoms with Crippen molar-refractivity contribution in [2.75, 3.05) is 22.5 Å². The molecule has 2 heterocycles. The molecule has 1 aromatic heterocycles. The third-order valence-corrected chi connectivity index (χ3v) is 7.52. The zero-order valence-corrected chi connectivity index (χ0v) is 21.2. The number of rotatable bonds is 9. The molecule has 2 aromatic carbocycles. The largest absolute Gasteiger partial charge is 0.352 e. The van der Waals surface area contributed by atoms with Crippen molar-refractivity contribution in [3.05, 3.63) is 82.5 Å². The molecular formula is C27H28ClN5OS. The second-order valence-electron chi connectivity index (χ2n) is 8.64. The number of amides is 1. The topological polar surface area (TPSA) is 70.2 Å². The van der Waals surface area contributed by atoms with Crippen LogP contribution >= 0.6 is 23.4 Å². The Morgan fingerprint density at radius 3 is 2.80 bits per heavy atom. The molecule has 0 radical (unpaired) electrons. The normalized spacial score (nSPS) is 15.9. The van der Waals surface area contributed by atoms with Crippen LogP contribution in [0, 0.1) is 0 Å². The zero-order valence-electron chi connectivity index (χ0n) is 19.6. The van der Waals surface area contributed by atoms with E-state index in [1.807, 2.05) is 35.2 Å². The van der Waals surface area contributed by atoms with Crippen LogP contribution in [0.4, 0.5) is 11.5 Å². The average molecular weight is 506 g/mol. The van der Waals surface area contributed by atoms with E-state index in [0.717, 1.165) is 30.6 Å². The molecule has 180 valence electrons. The van der Waals surface area contributed by atoms with Crippen LogP contribution in [0.1, 0.15) is 36.5 Å².